The minimum absolute atomic E-state index is 0.0883. The van der Waals surface area contributed by atoms with E-state index in [4.69, 9.17) is 16.3 Å². The molecule has 1 N–H and O–H groups in total. The molecule has 0 saturated carbocycles. The van der Waals surface area contributed by atoms with Crippen LogP contribution in [0.3, 0.4) is 0 Å². The van der Waals surface area contributed by atoms with Gasteiger partial charge >= 0.3 is 0 Å². The van der Waals surface area contributed by atoms with Crippen LogP contribution in [0.4, 0.5) is 5.69 Å². The molecule has 1 aliphatic rings. The van der Waals surface area contributed by atoms with Crippen LogP contribution >= 0.6 is 11.6 Å². The molecule has 1 amide bonds. The first-order valence-corrected chi connectivity index (χ1v) is 8.79. The molecule has 0 bridgehead atoms. The zero-order valence-electron chi connectivity index (χ0n) is 14.3. The first kappa shape index (κ1) is 16.7. The standard InChI is InChI=1S/C20H18ClN3O2/c1-26-19-10-16(5-6-17(19)14-11-22-23-12-14)24-8-7-18(20(24)25)13-3-2-4-15(21)9-13/h2-6,9-12,18H,7-8H2,1H3,(H,22,23)/t18-/m1/s1. The van der Waals surface area contributed by atoms with Crippen LogP contribution in [0.2, 0.25) is 5.02 Å². The van der Waals surface area contributed by atoms with Gasteiger partial charge in [0.05, 0.1) is 19.2 Å². The van der Waals surface area contributed by atoms with E-state index in [1.807, 2.05) is 53.6 Å². The maximum Gasteiger partial charge on any atom is 0.234 e. The molecule has 0 spiro atoms. The first-order valence-electron chi connectivity index (χ1n) is 8.41. The largest absolute Gasteiger partial charge is 0.496 e. The normalized spacial score (nSPS) is 16.9. The number of anilines is 1. The van der Waals surface area contributed by atoms with Crippen molar-refractivity contribution in [3.8, 4) is 16.9 Å². The molecular weight excluding hydrogens is 350 g/mol. The molecule has 1 fully saturated rings. The number of carbonyl (C=O) groups excluding carboxylic acids is 1. The minimum atomic E-state index is -0.159. The molecule has 0 unspecified atom stereocenters. The van der Waals surface area contributed by atoms with Gasteiger partial charge in [0, 0.05) is 40.6 Å². The number of nitrogens with zero attached hydrogens (tertiary/aromatic N) is 2. The van der Waals surface area contributed by atoms with E-state index in [0.29, 0.717) is 17.3 Å². The van der Waals surface area contributed by atoms with Gasteiger partial charge in [0.1, 0.15) is 5.75 Å². The molecule has 3 aromatic rings. The Balaban J connectivity index is 1.63. The van der Waals surface area contributed by atoms with Crippen LogP contribution in [-0.4, -0.2) is 29.8 Å². The molecule has 1 aromatic heterocycles. The Kier molecular flexibility index (Phi) is 4.39. The second kappa shape index (κ2) is 6.84. The number of hydrogen-bond acceptors (Lipinski definition) is 3. The molecule has 0 aliphatic carbocycles. The highest BCUT2D eigenvalue weighted by Gasteiger charge is 2.34. The van der Waals surface area contributed by atoms with E-state index < -0.39 is 0 Å². The predicted octanol–water partition coefficient (Wildman–Crippen LogP) is 4.26. The van der Waals surface area contributed by atoms with E-state index in [2.05, 4.69) is 10.2 Å². The van der Waals surface area contributed by atoms with Crippen molar-refractivity contribution in [2.24, 2.45) is 0 Å². The van der Waals surface area contributed by atoms with Crippen molar-refractivity contribution < 1.29 is 9.53 Å². The van der Waals surface area contributed by atoms with Crippen molar-refractivity contribution in [1.82, 2.24) is 10.2 Å². The van der Waals surface area contributed by atoms with E-state index in [1.54, 1.807) is 13.3 Å². The fraction of sp³-hybridized carbons (Fsp3) is 0.200. The van der Waals surface area contributed by atoms with Crippen LogP contribution in [-0.2, 0) is 4.79 Å². The van der Waals surface area contributed by atoms with Crippen LogP contribution in [0.25, 0.3) is 11.1 Å². The third kappa shape index (κ3) is 2.95. The Morgan fingerprint density at radius 3 is 2.88 bits per heavy atom. The Bertz CT molecular complexity index is 940. The average molecular weight is 368 g/mol. The monoisotopic (exact) mass is 367 g/mol. The van der Waals surface area contributed by atoms with Crippen LogP contribution in [0.1, 0.15) is 17.9 Å². The van der Waals surface area contributed by atoms with Crippen LogP contribution in [0, 0.1) is 0 Å². The smallest absolute Gasteiger partial charge is 0.234 e. The zero-order chi connectivity index (χ0) is 18.1. The minimum Gasteiger partial charge on any atom is -0.496 e. The van der Waals surface area contributed by atoms with Gasteiger partial charge < -0.3 is 9.64 Å². The third-order valence-corrected chi connectivity index (χ3v) is 5.00. The fourth-order valence-electron chi connectivity index (χ4n) is 3.45. The molecule has 26 heavy (non-hydrogen) atoms. The number of aromatic nitrogens is 2. The van der Waals surface area contributed by atoms with Crippen LogP contribution < -0.4 is 9.64 Å². The number of ether oxygens (including phenoxy) is 1. The van der Waals surface area contributed by atoms with E-state index in [9.17, 15) is 4.79 Å². The van der Waals surface area contributed by atoms with Crippen molar-refractivity contribution in [2.75, 3.05) is 18.6 Å². The number of methoxy groups -OCH3 is 1. The number of aromatic amines is 1. The molecule has 6 heteroatoms. The van der Waals surface area contributed by atoms with E-state index >= 15 is 0 Å². The number of H-pyrrole nitrogens is 1. The summed E-state index contributed by atoms with van der Waals surface area (Å²) in [6.45, 7) is 0.671. The summed E-state index contributed by atoms with van der Waals surface area (Å²) in [5, 5.41) is 7.44. The van der Waals surface area contributed by atoms with Gasteiger partial charge in [-0.25, -0.2) is 0 Å². The lowest BCUT2D eigenvalue weighted by molar-refractivity contribution is -0.118. The summed E-state index contributed by atoms with van der Waals surface area (Å²) in [7, 11) is 1.63. The topological polar surface area (TPSA) is 58.2 Å². The second-order valence-electron chi connectivity index (χ2n) is 6.26. The molecule has 2 aromatic carbocycles. The highest BCUT2D eigenvalue weighted by molar-refractivity contribution is 6.30. The molecule has 1 aliphatic heterocycles. The molecule has 132 valence electrons. The summed E-state index contributed by atoms with van der Waals surface area (Å²) < 4.78 is 5.53. The van der Waals surface area contributed by atoms with Gasteiger partial charge in [-0.2, -0.15) is 5.10 Å². The Hall–Kier alpha value is -2.79. The van der Waals surface area contributed by atoms with Gasteiger partial charge in [0.2, 0.25) is 5.91 Å². The van der Waals surface area contributed by atoms with Gasteiger partial charge in [-0.1, -0.05) is 23.7 Å². The lowest BCUT2D eigenvalue weighted by Gasteiger charge is -2.19. The van der Waals surface area contributed by atoms with Crippen molar-refractivity contribution in [1.29, 1.82) is 0 Å². The number of nitrogens with one attached hydrogen (secondary N) is 1. The van der Waals surface area contributed by atoms with Crippen molar-refractivity contribution in [3.63, 3.8) is 0 Å². The highest BCUT2D eigenvalue weighted by atomic mass is 35.5. The SMILES string of the molecule is COc1cc(N2CC[C@H](c3cccc(Cl)c3)C2=O)ccc1-c1cn[nH]c1. The van der Waals surface area contributed by atoms with Crippen molar-refractivity contribution in [2.45, 2.75) is 12.3 Å². The zero-order valence-corrected chi connectivity index (χ0v) is 15.0. The number of hydrogen-bond donors (Lipinski definition) is 1. The van der Waals surface area contributed by atoms with E-state index in [-0.39, 0.29) is 11.8 Å². The number of carbonyl (C=O) groups is 1. The Labute approximate surface area is 156 Å². The molecule has 1 saturated heterocycles. The molecule has 1 atom stereocenters. The summed E-state index contributed by atoms with van der Waals surface area (Å²) >= 11 is 6.08. The molecule has 5 nitrogen and oxygen atoms in total. The summed E-state index contributed by atoms with van der Waals surface area (Å²) in [6.07, 6.45) is 4.33. The van der Waals surface area contributed by atoms with Gasteiger partial charge in [-0.15, -0.1) is 0 Å². The van der Waals surface area contributed by atoms with Crippen LogP contribution in [0.5, 0.6) is 5.75 Å². The fourth-order valence-corrected chi connectivity index (χ4v) is 3.65. The third-order valence-electron chi connectivity index (χ3n) is 4.76. The summed E-state index contributed by atoms with van der Waals surface area (Å²) in [5.41, 5.74) is 3.68. The molecule has 0 radical (unpaired) electrons. The second-order valence-corrected chi connectivity index (χ2v) is 6.69. The highest BCUT2D eigenvalue weighted by Crippen LogP contribution is 2.37. The van der Waals surface area contributed by atoms with Crippen molar-refractivity contribution in [3.05, 3.63) is 65.4 Å². The van der Waals surface area contributed by atoms with Gasteiger partial charge in [-0.3, -0.25) is 9.89 Å². The summed E-state index contributed by atoms with van der Waals surface area (Å²) in [5.74, 6) is 0.640. The van der Waals surface area contributed by atoms with Gasteiger partial charge in [0.25, 0.3) is 0 Å². The predicted molar refractivity (Wildman–Crippen MR) is 102 cm³/mol. The lowest BCUT2D eigenvalue weighted by Crippen LogP contribution is -2.26. The van der Waals surface area contributed by atoms with Gasteiger partial charge in [0.15, 0.2) is 0 Å². The quantitative estimate of drug-likeness (QED) is 0.749. The average Bonchev–Trinajstić information content (AvgIpc) is 3.31. The Morgan fingerprint density at radius 1 is 1.27 bits per heavy atom. The summed E-state index contributed by atoms with van der Waals surface area (Å²) in [6, 6.07) is 13.3. The number of halogens is 1. The number of amides is 1. The maximum atomic E-state index is 13.0. The first-order chi connectivity index (χ1) is 12.7. The van der Waals surface area contributed by atoms with Gasteiger partial charge in [-0.05, 0) is 36.2 Å². The maximum absolute atomic E-state index is 13.0. The van der Waals surface area contributed by atoms with Crippen molar-refractivity contribution >= 4 is 23.2 Å². The van der Waals surface area contributed by atoms with E-state index in [1.165, 1.54) is 0 Å². The van der Waals surface area contributed by atoms with E-state index in [0.717, 1.165) is 28.8 Å². The summed E-state index contributed by atoms with van der Waals surface area (Å²) in [4.78, 5) is 14.8. The van der Waals surface area contributed by atoms with Crippen LogP contribution in [0.15, 0.2) is 54.9 Å². The Morgan fingerprint density at radius 2 is 2.15 bits per heavy atom. The molecule has 2 heterocycles. The molecular formula is C20H18ClN3O2. The molecule has 4 rings (SSSR count). The number of rotatable bonds is 4. The lowest BCUT2D eigenvalue weighted by atomic mass is 9.98. The number of benzene rings is 2.